The number of hydrogen-bond acceptors (Lipinski definition) is 3. The molecular formula is C15H19NO4. The fourth-order valence-corrected chi connectivity index (χ4v) is 2.27. The highest BCUT2D eigenvalue weighted by molar-refractivity contribution is 5.95. The molecule has 1 saturated heterocycles. The number of hydrogen-bond donors (Lipinski definition) is 1. The van der Waals surface area contributed by atoms with Gasteiger partial charge in [0.15, 0.2) is 0 Å². The van der Waals surface area contributed by atoms with Crippen LogP contribution >= 0.6 is 0 Å². The summed E-state index contributed by atoms with van der Waals surface area (Å²) >= 11 is 0. The Hall–Kier alpha value is -2.04. The Bertz CT molecular complexity index is 500. The molecule has 0 aromatic heterocycles. The van der Waals surface area contributed by atoms with E-state index < -0.39 is 11.9 Å². The third-order valence-electron chi connectivity index (χ3n) is 3.38. The number of carboxylic acid groups (broad SMARTS) is 1. The van der Waals surface area contributed by atoms with Gasteiger partial charge in [-0.2, -0.15) is 0 Å². The van der Waals surface area contributed by atoms with Crippen LogP contribution in [0.25, 0.3) is 0 Å². The largest absolute Gasteiger partial charge is 0.494 e. The molecule has 1 aromatic rings. The Labute approximate surface area is 118 Å². The molecule has 5 heteroatoms. The monoisotopic (exact) mass is 277 g/mol. The van der Waals surface area contributed by atoms with Crippen LogP contribution in [-0.4, -0.2) is 41.6 Å². The average Bonchev–Trinajstić information content (AvgIpc) is 2.94. The van der Waals surface area contributed by atoms with Gasteiger partial charge in [0.2, 0.25) is 0 Å². The second-order valence-electron chi connectivity index (χ2n) is 4.95. The smallest absolute Gasteiger partial charge is 0.308 e. The van der Waals surface area contributed by atoms with Crippen molar-refractivity contribution in [3.05, 3.63) is 29.8 Å². The van der Waals surface area contributed by atoms with Crippen molar-refractivity contribution in [3.8, 4) is 5.75 Å². The number of carboxylic acids is 1. The summed E-state index contributed by atoms with van der Waals surface area (Å²) in [4.78, 5) is 24.8. The zero-order valence-corrected chi connectivity index (χ0v) is 11.5. The third-order valence-corrected chi connectivity index (χ3v) is 3.38. The quantitative estimate of drug-likeness (QED) is 0.894. The molecule has 1 amide bonds. The van der Waals surface area contributed by atoms with Crippen molar-refractivity contribution in [2.24, 2.45) is 5.92 Å². The lowest BCUT2D eigenvalue weighted by atomic mass is 10.1. The molecular weight excluding hydrogens is 258 g/mol. The van der Waals surface area contributed by atoms with Crippen molar-refractivity contribution in [1.82, 2.24) is 4.90 Å². The van der Waals surface area contributed by atoms with Crippen LogP contribution in [0.5, 0.6) is 5.75 Å². The number of carbonyl (C=O) groups excluding carboxylic acids is 1. The van der Waals surface area contributed by atoms with Crippen molar-refractivity contribution in [1.29, 1.82) is 0 Å². The van der Waals surface area contributed by atoms with Gasteiger partial charge in [0.25, 0.3) is 5.91 Å². The molecule has 1 unspecified atom stereocenters. The summed E-state index contributed by atoms with van der Waals surface area (Å²) in [5.41, 5.74) is 0.546. The fourth-order valence-electron chi connectivity index (χ4n) is 2.27. The van der Waals surface area contributed by atoms with Crippen molar-refractivity contribution in [3.63, 3.8) is 0 Å². The van der Waals surface area contributed by atoms with Gasteiger partial charge in [0.05, 0.1) is 12.5 Å². The van der Waals surface area contributed by atoms with Crippen LogP contribution in [0.4, 0.5) is 0 Å². The average molecular weight is 277 g/mol. The van der Waals surface area contributed by atoms with Gasteiger partial charge in [-0.1, -0.05) is 13.0 Å². The molecule has 1 aromatic carbocycles. The van der Waals surface area contributed by atoms with Crippen molar-refractivity contribution in [2.75, 3.05) is 19.7 Å². The van der Waals surface area contributed by atoms with E-state index in [0.717, 1.165) is 6.42 Å². The summed E-state index contributed by atoms with van der Waals surface area (Å²) in [6.07, 6.45) is 1.43. The van der Waals surface area contributed by atoms with Gasteiger partial charge in [0, 0.05) is 18.7 Å². The van der Waals surface area contributed by atoms with Gasteiger partial charge in [-0.25, -0.2) is 0 Å². The number of carbonyl (C=O) groups is 2. The molecule has 0 aliphatic carbocycles. The van der Waals surface area contributed by atoms with Crippen LogP contribution in [0, 0.1) is 5.92 Å². The van der Waals surface area contributed by atoms with Gasteiger partial charge >= 0.3 is 5.97 Å². The highest BCUT2D eigenvalue weighted by Crippen LogP contribution is 2.21. The molecule has 1 N–H and O–H groups in total. The van der Waals surface area contributed by atoms with Crippen molar-refractivity contribution < 1.29 is 19.4 Å². The first-order chi connectivity index (χ1) is 9.61. The summed E-state index contributed by atoms with van der Waals surface area (Å²) in [7, 11) is 0. The number of rotatable bonds is 5. The Kier molecular flexibility index (Phi) is 4.61. The molecule has 0 radical (unpaired) electrons. The molecule has 0 bridgehead atoms. The van der Waals surface area contributed by atoms with Crippen LogP contribution < -0.4 is 4.74 Å². The molecule has 0 spiro atoms. The molecule has 108 valence electrons. The highest BCUT2D eigenvalue weighted by Gasteiger charge is 2.31. The number of ether oxygens (including phenoxy) is 1. The maximum absolute atomic E-state index is 12.3. The molecule has 1 heterocycles. The molecule has 1 aliphatic heterocycles. The van der Waals surface area contributed by atoms with Crippen LogP contribution in [-0.2, 0) is 4.79 Å². The number of nitrogens with zero attached hydrogens (tertiary/aromatic N) is 1. The molecule has 2 rings (SSSR count). The highest BCUT2D eigenvalue weighted by atomic mass is 16.5. The van der Waals surface area contributed by atoms with Crippen molar-refractivity contribution >= 4 is 11.9 Å². The SMILES string of the molecule is CCCOc1cccc(C(=O)N2CCC(C(=O)O)C2)c1. The minimum Gasteiger partial charge on any atom is -0.494 e. The molecule has 0 saturated carbocycles. The van der Waals surface area contributed by atoms with Crippen molar-refractivity contribution in [2.45, 2.75) is 19.8 Å². The lowest BCUT2D eigenvalue weighted by Gasteiger charge is -2.16. The second-order valence-corrected chi connectivity index (χ2v) is 4.95. The maximum Gasteiger partial charge on any atom is 0.308 e. The zero-order valence-electron chi connectivity index (χ0n) is 11.5. The van der Waals surface area contributed by atoms with Gasteiger partial charge in [-0.3, -0.25) is 9.59 Å². The minimum absolute atomic E-state index is 0.129. The normalized spacial score (nSPS) is 18.1. The van der Waals surface area contributed by atoms with Crippen LogP contribution in [0.3, 0.4) is 0 Å². The van der Waals surface area contributed by atoms with E-state index in [1.54, 1.807) is 23.1 Å². The number of likely N-dealkylation sites (tertiary alicyclic amines) is 1. The fraction of sp³-hybridized carbons (Fsp3) is 0.467. The van der Waals surface area contributed by atoms with Gasteiger partial charge < -0.3 is 14.7 Å². The summed E-state index contributed by atoms with van der Waals surface area (Å²) in [5.74, 6) is -0.735. The summed E-state index contributed by atoms with van der Waals surface area (Å²) in [6, 6.07) is 7.04. The predicted octanol–water partition coefficient (Wildman–Crippen LogP) is 2.02. The van der Waals surface area contributed by atoms with E-state index >= 15 is 0 Å². The van der Waals surface area contributed by atoms with E-state index in [-0.39, 0.29) is 12.5 Å². The van der Waals surface area contributed by atoms with E-state index in [1.807, 2.05) is 13.0 Å². The van der Waals surface area contributed by atoms with E-state index in [9.17, 15) is 9.59 Å². The second kappa shape index (κ2) is 6.41. The minimum atomic E-state index is -0.833. The van der Waals surface area contributed by atoms with Crippen LogP contribution in [0.1, 0.15) is 30.1 Å². The lowest BCUT2D eigenvalue weighted by Crippen LogP contribution is -2.29. The Morgan fingerprint density at radius 2 is 2.25 bits per heavy atom. The number of aliphatic carboxylic acids is 1. The van der Waals surface area contributed by atoms with Gasteiger partial charge in [-0.05, 0) is 31.0 Å². The summed E-state index contributed by atoms with van der Waals surface area (Å²) in [6.45, 7) is 3.41. The summed E-state index contributed by atoms with van der Waals surface area (Å²) in [5, 5.41) is 8.97. The van der Waals surface area contributed by atoms with E-state index in [0.29, 0.717) is 30.9 Å². The Morgan fingerprint density at radius 3 is 2.90 bits per heavy atom. The topological polar surface area (TPSA) is 66.8 Å². The van der Waals surface area contributed by atoms with Gasteiger partial charge in [-0.15, -0.1) is 0 Å². The van der Waals surface area contributed by atoms with E-state index in [1.165, 1.54) is 0 Å². The molecule has 5 nitrogen and oxygen atoms in total. The number of amides is 1. The van der Waals surface area contributed by atoms with E-state index in [4.69, 9.17) is 9.84 Å². The predicted molar refractivity (Wildman–Crippen MR) is 73.9 cm³/mol. The third kappa shape index (κ3) is 3.29. The van der Waals surface area contributed by atoms with Crippen LogP contribution in [0.2, 0.25) is 0 Å². The number of benzene rings is 1. The Morgan fingerprint density at radius 1 is 1.45 bits per heavy atom. The first-order valence-electron chi connectivity index (χ1n) is 6.86. The first-order valence-corrected chi connectivity index (χ1v) is 6.86. The van der Waals surface area contributed by atoms with Crippen LogP contribution in [0.15, 0.2) is 24.3 Å². The maximum atomic E-state index is 12.3. The summed E-state index contributed by atoms with van der Waals surface area (Å²) < 4.78 is 5.50. The molecule has 20 heavy (non-hydrogen) atoms. The van der Waals surface area contributed by atoms with E-state index in [2.05, 4.69) is 0 Å². The molecule has 1 aliphatic rings. The molecule has 1 fully saturated rings. The molecule has 1 atom stereocenters. The Balaban J connectivity index is 2.04. The first kappa shape index (κ1) is 14.4. The lowest BCUT2D eigenvalue weighted by molar-refractivity contribution is -0.141. The van der Waals surface area contributed by atoms with Gasteiger partial charge in [0.1, 0.15) is 5.75 Å². The zero-order chi connectivity index (χ0) is 14.5. The standard InChI is InChI=1S/C15H19NO4/c1-2-8-20-13-5-3-4-11(9-13)14(17)16-7-6-12(10-16)15(18)19/h3-5,9,12H,2,6-8,10H2,1H3,(H,18,19).